The molecule has 1 aliphatic heterocycles. The van der Waals surface area contributed by atoms with Gasteiger partial charge in [0.05, 0.1) is 24.3 Å². The summed E-state index contributed by atoms with van der Waals surface area (Å²) in [6.07, 6.45) is 1.72. The molecule has 0 unspecified atom stereocenters. The molecule has 34 heavy (non-hydrogen) atoms. The normalized spacial score (nSPS) is 14.6. The molecule has 1 saturated heterocycles. The fraction of sp³-hybridized carbons (Fsp3) is 0.208. The summed E-state index contributed by atoms with van der Waals surface area (Å²) in [5.74, 6) is 0.363. The Bertz CT molecular complexity index is 1360. The van der Waals surface area contributed by atoms with Crippen molar-refractivity contribution in [1.29, 1.82) is 0 Å². The zero-order chi connectivity index (χ0) is 24.6. The van der Waals surface area contributed by atoms with Gasteiger partial charge >= 0.3 is 5.69 Å². The number of hydrogen-bond donors (Lipinski definition) is 1. The summed E-state index contributed by atoms with van der Waals surface area (Å²) >= 11 is 5.40. The van der Waals surface area contributed by atoms with Gasteiger partial charge in [0.2, 0.25) is 0 Å². The van der Waals surface area contributed by atoms with Gasteiger partial charge in [0.15, 0.2) is 5.11 Å². The number of methoxy groups -OCH3 is 1. The Kier molecular flexibility index (Phi) is 6.16. The smallest absolute Gasteiger partial charge is 0.312 e. The van der Waals surface area contributed by atoms with Crippen LogP contribution >= 0.6 is 12.2 Å². The van der Waals surface area contributed by atoms with Crippen LogP contribution in [-0.2, 0) is 11.3 Å². The fourth-order valence-electron chi connectivity index (χ4n) is 3.98. The van der Waals surface area contributed by atoms with Crippen molar-refractivity contribution in [2.45, 2.75) is 27.3 Å². The van der Waals surface area contributed by atoms with Crippen LogP contribution < -0.4 is 15.0 Å². The quantitative estimate of drug-likeness (QED) is 0.247. The van der Waals surface area contributed by atoms with Crippen LogP contribution in [0.25, 0.3) is 6.08 Å². The minimum atomic E-state index is -0.424. The lowest BCUT2D eigenvalue weighted by Gasteiger charge is -2.14. The number of carbonyl (C=O) groups is 1. The molecule has 0 aliphatic carbocycles. The first-order chi connectivity index (χ1) is 16.2. The van der Waals surface area contributed by atoms with Gasteiger partial charge in [0.25, 0.3) is 5.91 Å². The van der Waals surface area contributed by atoms with Crippen molar-refractivity contribution >= 4 is 40.7 Å². The maximum atomic E-state index is 13.1. The number of nitrogens with zero attached hydrogens (tertiary/aromatic N) is 4. The van der Waals surface area contributed by atoms with Gasteiger partial charge in [-0.3, -0.25) is 24.5 Å². The largest absolute Gasteiger partial charge is 0.496 e. The van der Waals surface area contributed by atoms with Crippen LogP contribution in [0.2, 0.25) is 0 Å². The minimum Gasteiger partial charge on any atom is -0.496 e. The minimum absolute atomic E-state index is 0.00254. The van der Waals surface area contributed by atoms with Crippen LogP contribution in [0.5, 0.6) is 5.75 Å². The van der Waals surface area contributed by atoms with E-state index in [9.17, 15) is 14.9 Å². The van der Waals surface area contributed by atoms with Crippen LogP contribution in [0.3, 0.4) is 0 Å². The number of ether oxygens (including phenoxy) is 1. The molecular weight excluding hydrogens is 454 g/mol. The van der Waals surface area contributed by atoms with E-state index in [4.69, 9.17) is 17.0 Å². The maximum absolute atomic E-state index is 13.1. The third kappa shape index (κ3) is 4.27. The van der Waals surface area contributed by atoms with Crippen LogP contribution in [0.1, 0.15) is 28.1 Å². The number of nitrogens with one attached hydrogen (secondary N) is 1. The number of carbonyl (C=O) groups excluding carboxylic acids is 1. The van der Waals surface area contributed by atoms with Crippen molar-refractivity contribution < 1.29 is 14.5 Å². The average molecular weight is 478 g/mol. The Morgan fingerprint density at radius 1 is 1.21 bits per heavy atom. The van der Waals surface area contributed by atoms with Gasteiger partial charge < -0.3 is 10.1 Å². The molecule has 2 heterocycles. The molecule has 1 amide bonds. The number of aromatic nitrogens is 2. The van der Waals surface area contributed by atoms with Gasteiger partial charge in [0.1, 0.15) is 22.8 Å². The first-order valence-corrected chi connectivity index (χ1v) is 10.9. The highest BCUT2D eigenvalue weighted by Crippen LogP contribution is 2.28. The highest BCUT2D eigenvalue weighted by Gasteiger charge is 2.32. The molecule has 1 fully saturated rings. The lowest BCUT2D eigenvalue weighted by Crippen LogP contribution is -2.30. The molecule has 0 atom stereocenters. The van der Waals surface area contributed by atoms with Crippen LogP contribution in [0.15, 0.2) is 48.2 Å². The van der Waals surface area contributed by atoms with Crippen molar-refractivity contribution in [3.8, 4) is 5.75 Å². The van der Waals surface area contributed by atoms with Gasteiger partial charge in [-0.2, -0.15) is 5.10 Å². The van der Waals surface area contributed by atoms with Crippen molar-refractivity contribution in [1.82, 2.24) is 15.1 Å². The van der Waals surface area contributed by atoms with Crippen molar-refractivity contribution in [3.05, 3.63) is 86.4 Å². The Morgan fingerprint density at radius 3 is 2.62 bits per heavy atom. The number of aryl methyl sites for hydroxylation is 2. The lowest BCUT2D eigenvalue weighted by molar-refractivity contribution is -0.386. The molecule has 0 bridgehead atoms. The number of hydrogen-bond acceptors (Lipinski definition) is 6. The second kappa shape index (κ2) is 9.06. The summed E-state index contributed by atoms with van der Waals surface area (Å²) in [7, 11) is 1.56. The summed E-state index contributed by atoms with van der Waals surface area (Å²) < 4.78 is 7.06. The molecule has 1 N–H and O–H groups in total. The summed E-state index contributed by atoms with van der Waals surface area (Å²) in [4.78, 5) is 25.5. The zero-order valence-corrected chi connectivity index (χ0v) is 20.0. The summed E-state index contributed by atoms with van der Waals surface area (Å²) in [5, 5.41) is 19.0. The van der Waals surface area contributed by atoms with E-state index in [0.717, 1.165) is 16.7 Å². The van der Waals surface area contributed by atoms with E-state index in [2.05, 4.69) is 10.4 Å². The van der Waals surface area contributed by atoms with E-state index in [0.29, 0.717) is 33.6 Å². The molecule has 10 heteroatoms. The third-order valence-corrected chi connectivity index (χ3v) is 5.88. The van der Waals surface area contributed by atoms with Gasteiger partial charge in [0, 0.05) is 5.56 Å². The van der Waals surface area contributed by atoms with Gasteiger partial charge in [-0.25, -0.2) is 0 Å². The molecule has 1 aromatic heterocycles. The Balaban J connectivity index is 1.66. The molecule has 0 radical (unpaired) electrons. The van der Waals surface area contributed by atoms with E-state index >= 15 is 0 Å². The second-order valence-corrected chi connectivity index (χ2v) is 8.36. The van der Waals surface area contributed by atoms with E-state index < -0.39 is 4.92 Å². The average Bonchev–Trinajstić information content (AvgIpc) is 3.22. The molecule has 1 aliphatic rings. The van der Waals surface area contributed by atoms with Crippen molar-refractivity contribution in [2.24, 2.45) is 0 Å². The third-order valence-electron chi connectivity index (χ3n) is 5.60. The second-order valence-electron chi connectivity index (χ2n) is 7.97. The molecule has 0 spiro atoms. The first-order valence-electron chi connectivity index (χ1n) is 10.5. The highest BCUT2D eigenvalue weighted by molar-refractivity contribution is 7.80. The summed E-state index contributed by atoms with van der Waals surface area (Å²) in [6, 6.07) is 13.0. The molecular formula is C24H23N5O4S. The van der Waals surface area contributed by atoms with Crippen molar-refractivity contribution in [2.75, 3.05) is 12.0 Å². The molecule has 2 aromatic carbocycles. The number of amides is 1. The topological polar surface area (TPSA) is 103 Å². The van der Waals surface area contributed by atoms with E-state index in [1.165, 1.54) is 4.90 Å². The Labute approximate surface area is 201 Å². The summed E-state index contributed by atoms with van der Waals surface area (Å²) in [6.45, 7) is 5.50. The van der Waals surface area contributed by atoms with E-state index in [1.807, 2.05) is 43.3 Å². The van der Waals surface area contributed by atoms with Gasteiger partial charge in [-0.15, -0.1) is 0 Å². The number of anilines is 1. The van der Waals surface area contributed by atoms with E-state index in [1.54, 1.807) is 37.8 Å². The number of benzene rings is 2. The molecule has 174 valence electrons. The predicted octanol–water partition coefficient (Wildman–Crippen LogP) is 4.04. The maximum Gasteiger partial charge on any atom is 0.312 e. The van der Waals surface area contributed by atoms with Crippen LogP contribution in [0, 0.1) is 30.9 Å². The number of nitro groups is 1. The molecule has 9 nitrogen and oxygen atoms in total. The molecule has 3 aromatic rings. The standard InChI is InChI=1S/C24H23N5O4S/c1-14-6-5-7-19(10-14)28-23(30)20(25-24(28)34)12-17-8-9-21(33-4)18(11-17)13-27-16(3)22(29(31)32)15(2)26-27/h5-12H,13H2,1-4H3,(H,25,34)/b20-12+. The number of rotatable bonds is 6. The van der Waals surface area contributed by atoms with E-state index in [-0.39, 0.29) is 18.1 Å². The molecule has 0 saturated carbocycles. The summed E-state index contributed by atoms with van der Waals surface area (Å²) in [5.41, 5.74) is 4.40. The van der Waals surface area contributed by atoms with Crippen LogP contribution in [-0.4, -0.2) is 32.8 Å². The van der Waals surface area contributed by atoms with Gasteiger partial charge in [-0.05, 0) is 74.5 Å². The lowest BCUT2D eigenvalue weighted by atomic mass is 10.1. The highest BCUT2D eigenvalue weighted by atomic mass is 32.1. The fourth-order valence-corrected chi connectivity index (χ4v) is 4.28. The van der Waals surface area contributed by atoms with Crippen molar-refractivity contribution in [3.63, 3.8) is 0 Å². The predicted molar refractivity (Wildman–Crippen MR) is 133 cm³/mol. The Hall–Kier alpha value is -4.05. The van der Waals surface area contributed by atoms with Crippen LogP contribution in [0.4, 0.5) is 11.4 Å². The Morgan fingerprint density at radius 2 is 1.97 bits per heavy atom. The monoisotopic (exact) mass is 477 g/mol. The zero-order valence-electron chi connectivity index (χ0n) is 19.2. The SMILES string of the molecule is COc1ccc(/C=C2/NC(=S)N(c3cccc(C)c3)C2=O)cc1Cn1nc(C)c([N+](=O)[O-])c1C. The first kappa shape index (κ1) is 23.1. The molecule has 4 rings (SSSR count). The number of thiocarbonyl (C=S) groups is 1. The van der Waals surface area contributed by atoms with Gasteiger partial charge in [-0.1, -0.05) is 18.2 Å².